The van der Waals surface area contributed by atoms with Gasteiger partial charge in [-0.05, 0) is 66.7 Å². The molecular weight excluding hydrogens is 692 g/mol. The largest absolute Gasteiger partial charge is 0.507 e. The Morgan fingerprint density at radius 2 is 0.926 bits per heavy atom. The zero-order valence-electron chi connectivity index (χ0n) is 28.0. The van der Waals surface area contributed by atoms with Crippen LogP contribution in [0.5, 0.6) is 28.7 Å². The quantitative estimate of drug-likeness (QED) is 0.114. The molecule has 0 aliphatic carbocycles. The smallest absolute Gasteiger partial charge is 0.343 e. The summed E-state index contributed by atoms with van der Waals surface area (Å²) in [6.45, 7) is 0. The van der Waals surface area contributed by atoms with Crippen molar-refractivity contribution in [2.75, 3.05) is 0 Å². The van der Waals surface area contributed by atoms with Crippen molar-refractivity contribution < 1.29 is 47.6 Å². The molecule has 0 radical (unpaired) electrons. The van der Waals surface area contributed by atoms with Gasteiger partial charge in [-0.2, -0.15) is 0 Å². The Morgan fingerprint density at radius 3 is 1.43 bits per heavy atom. The van der Waals surface area contributed by atoms with Gasteiger partial charge in [0.1, 0.15) is 22.5 Å². The lowest BCUT2D eigenvalue weighted by Gasteiger charge is -2.15. The summed E-state index contributed by atoms with van der Waals surface area (Å²) < 4.78 is 28.6. The SMILES string of the molecule is O=C(Oc1cc(O)c2c(=O)c(OC(=O)c3ccccc3)c(-c3ccc(OC(=O)c4ccccc4)c(OC(=O)c4ccccc4)c3)oc2c1)c1ccccc1. The van der Waals surface area contributed by atoms with Gasteiger partial charge in [-0.25, -0.2) is 19.2 Å². The van der Waals surface area contributed by atoms with Crippen molar-refractivity contribution in [2.24, 2.45) is 0 Å². The Hall–Kier alpha value is -7.79. The van der Waals surface area contributed by atoms with Crippen LogP contribution in [0.4, 0.5) is 0 Å². The zero-order chi connectivity index (χ0) is 37.6. The molecule has 1 aromatic heterocycles. The van der Waals surface area contributed by atoms with E-state index in [0.29, 0.717) is 0 Å². The molecule has 0 amide bonds. The molecule has 0 saturated carbocycles. The van der Waals surface area contributed by atoms with Crippen molar-refractivity contribution in [1.82, 2.24) is 0 Å². The van der Waals surface area contributed by atoms with Crippen LogP contribution in [0.3, 0.4) is 0 Å². The van der Waals surface area contributed by atoms with Crippen LogP contribution in [-0.4, -0.2) is 29.0 Å². The summed E-state index contributed by atoms with van der Waals surface area (Å²) in [4.78, 5) is 66.6. The number of benzene rings is 6. The number of carbonyl (C=O) groups excluding carboxylic acids is 4. The van der Waals surface area contributed by atoms with Crippen LogP contribution in [0.25, 0.3) is 22.3 Å². The third-order valence-corrected chi connectivity index (χ3v) is 7.96. The van der Waals surface area contributed by atoms with Crippen molar-refractivity contribution in [3.8, 4) is 40.1 Å². The molecule has 0 fully saturated rings. The van der Waals surface area contributed by atoms with Crippen LogP contribution in [0.15, 0.2) is 161 Å². The third kappa shape index (κ3) is 7.46. The molecule has 7 rings (SSSR count). The monoisotopic (exact) mass is 718 g/mol. The molecule has 0 unspecified atom stereocenters. The Bertz CT molecular complexity index is 2580. The van der Waals surface area contributed by atoms with E-state index in [0.717, 1.165) is 6.07 Å². The van der Waals surface area contributed by atoms with Gasteiger partial charge in [0, 0.05) is 17.7 Å². The first-order valence-corrected chi connectivity index (χ1v) is 16.3. The molecule has 6 aromatic carbocycles. The van der Waals surface area contributed by atoms with E-state index in [1.54, 1.807) is 84.9 Å². The van der Waals surface area contributed by atoms with Gasteiger partial charge in [-0.1, -0.05) is 72.8 Å². The Balaban J connectivity index is 1.36. The van der Waals surface area contributed by atoms with E-state index in [9.17, 15) is 29.1 Å². The summed E-state index contributed by atoms with van der Waals surface area (Å²) in [5, 5.41) is 10.6. The van der Waals surface area contributed by atoms with E-state index in [4.69, 9.17) is 23.4 Å². The number of ether oxygens (including phenoxy) is 4. The first-order valence-electron chi connectivity index (χ1n) is 16.3. The fourth-order valence-corrected chi connectivity index (χ4v) is 5.34. The number of hydrogen-bond acceptors (Lipinski definition) is 11. The molecule has 264 valence electrons. The molecule has 0 spiro atoms. The number of rotatable bonds is 9. The lowest BCUT2D eigenvalue weighted by atomic mass is 10.1. The first-order chi connectivity index (χ1) is 26.2. The molecule has 7 aromatic rings. The number of aromatic hydroxyl groups is 1. The van der Waals surface area contributed by atoms with Gasteiger partial charge in [0.05, 0.1) is 22.3 Å². The van der Waals surface area contributed by atoms with Crippen molar-refractivity contribution >= 4 is 34.8 Å². The molecule has 54 heavy (non-hydrogen) atoms. The molecule has 0 aliphatic heterocycles. The highest BCUT2D eigenvalue weighted by Gasteiger charge is 2.26. The van der Waals surface area contributed by atoms with E-state index >= 15 is 0 Å². The van der Waals surface area contributed by atoms with E-state index in [1.165, 1.54) is 60.7 Å². The van der Waals surface area contributed by atoms with Crippen LogP contribution < -0.4 is 24.4 Å². The van der Waals surface area contributed by atoms with Crippen molar-refractivity contribution in [2.45, 2.75) is 0 Å². The maximum absolute atomic E-state index is 14.1. The highest BCUT2D eigenvalue weighted by atomic mass is 16.6. The van der Waals surface area contributed by atoms with Gasteiger partial charge >= 0.3 is 23.9 Å². The van der Waals surface area contributed by atoms with Gasteiger partial charge in [-0.3, -0.25) is 4.79 Å². The molecule has 11 nitrogen and oxygen atoms in total. The summed E-state index contributed by atoms with van der Waals surface area (Å²) >= 11 is 0. The maximum Gasteiger partial charge on any atom is 0.343 e. The number of fused-ring (bicyclic) bond motifs is 1. The number of hydrogen-bond donors (Lipinski definition) is 1. The van der Waals surface area contributed by atoms with Gasteiger partial charge < -0.3 is 28.5 Å². The van der Waals surface area contributed by atoms with E-state index in [2.05, 4.69) is 0 Å². The van der Waals surface area contributed by atoms with E-state index < -0.39 is 40.8 Å². The summed E-state index contributed by atoms with van der Waals surface area (Å²) in [6, 6.07) is 38.4. The molecule has 0 saturated heterocycles. The standard InChI is InChI=1S/C43H26O11/c44-32-24-31(50-40(46)26-13-5-1-6-14-26)25-35-36(32)37(45)39(54-43(49)29-19-11-4-12-20-29)38(51-35)30-21-22-33(52-41(47)27-15-7-2-8-16-27)34(23-30)53-42(48)28-17-9-3-10-18-28/h1-25,44H. The second-order valence-corrected chi connectivity index (χ2v) is 11.6. The molecule has 11 heteroatoms. The van der Waals surface area contributed by atoms with Crippen molar-refractivity contribution in [1.29, 1.82) is 0 Å². The second kappa shape index (κ2) is 15.2. The lowest BCUT2D eigenvalue weighted by Crippen LogP contribution is -2.17. The predicted molar refractivity (Wildman–Crippen MR) is 195 cm³/mol. The molecule has 1 N–H and O–H groups in total. The van der Waals surface area contributed by atoms with Crippen molar-refractivity contribution in [3.63, 3.8) is 0 Å². The normalized spacial score (nSPS) is 10.7. The van der Waals surface area contributed by atoms with Gasteiger partial charge in [0.25, 0.3) is 0 Å². The van der Waals surface area contributed by atoms with Crippen molar-refractivity contribution in [3.05, 3.63) is 184 Å². The lowest BCUT2D eigenvalue weighted by molar-refractivity contribution is 0.0682. The number of phenolic OH excluding ortho intramolecular Hbond substituents is 1. The van der Waals surface area contributed by atoms with Gasteiger partial charge in [0.2, 0.25) is 11.2 Å². The highest BCUT2D eigenvalue weighted by Crippen LogP contribution is 2.40. The van der Waals surface area contributed by atoms with Gasteiger partial charge in [-0.15, -0.1) is 0 Å². The van der Waals surface area contributed by atoms with Crippen LogP contribution in [0.1, 0.15) is 41.4 Å². The number of esters is 4. The number of phenols is 1. The molecule has 0 aliphatic rings. The molecule has 1 heterocycles. The topological polar surface area (TPSA) is 156 Å². The Labute approximate surface area is 306 Å². The Morgan fingerprint density at radius 1 is 0.481 bits per heavy atom. The summed E-state index contributed by atoms with van der Waals surface area (Å²) in [5.74, 6) is -5.33. The third-order valence-electron chi connectivity index (χ3n) is 7.96. The van der Waals surface area contributed by atoms with Crippen LogP contribution in [-0.2, 0) is 0 Å². The van der Waals surface area contributed by atoms with Crippen LogP contribution in [0, 0.1) is 0 Å². The van der Waals surface area contributed by atoms with Crippen LogP contribution in [0.2, 0.25) is 0 Å². The molecule has 0 bridgehead atoms. The fourth-order valence-electron chi connectivity index (χ4n) is 5.34. The summed E-state index contributed by atoms with van der Waals surface area (Å²) in [7, 11) is 0. The predicted octanol–water partition coefficient (Wildman–Crippen LogP) is 8.04. The highest BCUT2D eigenvalue weighted by molar-refractivity contribution is 5.96. The molecule has 0 atom stereocenters. The zero-order valence-corrected chi connectivity index (χ0v) is 28.0. The number of carbonyl (C=O) groups is 4. The fraction of sp³-hybridized carbons (Fsp3) is 0. The van der Waals surface area contributed by atoms with Crippen LogP contribution >= 0.6 is 0 Å². The first kappa shape index (κ1) is 34.6. The minimum atomic E-state index is -0.948. The minimum Gasteiger partial charge on any atom is -0.507 e. The van der Waals surface area contributed by atoms with E-state index in [-0.39, 0.29) is 61.8 Å². The Kier molecular flexibility index (Phi) is 9.76. The average Bonchev–Trinajstić information content (AvgIpc) is 3.20. The van der Waals surface area contributed by atoms with Gasteiger partial charge in [0.15, 0.2) is 17.3 Å². The second-order valence-electron chi connectivity index (χ2n) is 11.6. The summed E-state index contributed by atoms with van der Waals surface area (Å²) in [6.07, 6.45) is 0. The molecular formula is C43H26O11. The minimum absolute atomic E-state index is 0.0337. The average molecular weight is 719 g/mol. The van der Waals surface area contributed by atoms with E-state index in [1.807, 2.05) is 0 Å². The maximum atomic E-state index is 14.1. The summed E-state index contributed by atoms with van der Waals surface area (Å²) in [5.41, 5.74) is -0.410.